The molecule has 23 heavy (non-hydrogen) atoms. The second kappa shape index (κ2) is 7.60. The third kappa shape index (κ3) is 4.11. The average molecular weight is 410 g/mol. The summed E-state index contributed by atoms with van der Waals surface area (Å²) in [6.45, 7) is 2.14. The fourth-order valence-corrected chi connectivity index (χ4v) is 3.44. The molecule has 0 heterocycles. The van der Waals surface area contributed by atoms with Crippen molar-refractivity contribution in [3.63, 3.8) is 0 Å². The van der Waals surface area contributed by atoms with E-state index in [2.05, 4.69) is 121 Å². The normalized spacial score (nSPS) is 11.7. The molecule has 0 N–H and O–H groups in total. The molecule has 0 radical (unpaired) electrons. The molecule has 114 valence electrons. The third-order valence-corrected chi connectivity index (χ3v) is 4.91. The van der Waals surface area contributed by atoms with Gasteiger partial charge in [0.25, 0.3) is 0 Å². The van der Waals surface area contributed by atoms with E-state index in [-0.39, 0.29) is 5.92 Å². The van der Waals surface area contributed by atoms with Crippen molar-refractivity contribution in [1.82, 2.24) is 0 Å². The molecule has 0 aliphatic carbocycles. The van der Waals surface area contributed by atoms with Crippen molar-refractivity contribution in [3.05, 3.63) is 113 Å². The van der Waals surface area contributed by atoms with Crippen LogP contribution in [0.4, 0.5) is 0 Å². The van der Waals surface area contributed by atoms with E-state index in [1.165, 1.54) is 25.8 Å². The van der Waals surface area contributed by atoms with Gasteiger partial charge in [0.15, 0.2) is 0 Å². The lowest BCUT2D eigenvalue weighted by molar-refractivity contribution is 1.03. The monoisotopic (exact) mass is 410 g/mol. The van der Waals surface area contributed by atoms with E-state index in [0.29, 0.717) is 0 Å². The van der Waals surface area contributed by atoms with Crippen LogP contribution in [0.5, 0.6) is 0 Å². The van der Waals surface area contributed by atoms with Crippen LogP contribution in [-0.2, 0) is 0 Å². The van der Waals surface area contributed by atoms with Crippen LogP contribution in [0.1, 0.15) is 28.2 Å². The Morgan fingerprint density at radius 2 is 1.35 bits per heavy atom. The number of aryl methyl sites for hydroxylation is 1. The fraction of sp³-hybridized carbons (Fsp3) is 0.0909. The quantitative estimate of drug-likeness (QED) is 0.425. The molecule has 0 aliphatic heterocycles. The van der Waals surface area contributed by atoms with E-state index < -0.39 is 0 Å². The van der Waals surface area contributed by atoms with Gasteiger partial charge in [-0.1, -0.05) is 96.6 Å². The topological polar surface area (TPSA) is 0 Å². The zero-order valence-corrected chi connectivity index (χ0v) is 15.3. The van der Waals surface area contributed by atoms with Crippen molar-refractivity contribution in [2.24, 2.45) is 0 Å². The van der Waals surface area contributed by atoms with Crippen molar-refractivity contribution in [2.75, 3.05) is 0 Å². The van der Waals surface area contributed by atoms with Gasteiger partial charge in [-0.05, 0) is 46.2 Å². The van der Waals surface area contributed by atoms with Crippen LogP contribution in [0.25, 0.3) is 3.58 Å². The summed E-state index contributed by atoms with van der Waals surface area (Å²) in [5.41, 5.74) is 5.21. The summed E-state index contributed by atoms with van der Waals surface area (Å²) in [5, 5.41) is 0. The smallest absolute Gasteiger partial charge is 0.0282 e. The van der Waals surface area contributed by atoms with Gasteiger partial charge in [-0.15, -0.1) is 0 Å². The van der Waals surface area contributed by atoms with Gasteiger partial charge in [0.1, 0.15) is 0 Å². The first-order chi connectivity index (χ1) is 11.2. The van der Waals surface area contributed by atoms with Crippen LogP contribution in [0, 0.1) is 6.92 Å². The van der Waals surface area contributed by atoms with E-state index in [1.807, 2.05) is 0 Å². The first-order valence-electron chi connectivity index (χ1n) is 7.78. The predicted octanol–water partition coefficient (Wildman–Crippen LogP) is 6.60. The van der Waals surface area contributed by atoms with Gasteiger partial charge in [0.2, 0.25) is 0 Å². The van der Waals surface area contributed by atoms with Crippen LogP contribution in [0.3, 0.4) is 0 Å². The van der Waals surface area contributed by atoms with Crippen LogP contribution < -0.4 is 0 Å². The van der Waals surface area contributed by atoms with E-state index in [4.69, 9.17) is 0 Å². The molecule has 0 amide bonds. The third-order valence-electron chi connectivity index (χ3n) is 3.92. The maximum Gasteiger partial charge on any atom is 0.0282 e. The summed E-state index contributed by atoms with van der Waals surface area (Å²) in [4.78, 5) is 0. The molecule has 3 aromatic carbocycles. The van der Waals surface area contributed by atoms with E-state index in [9.17, 15) is 0 Å². The van der Waals surface area contributed by atoms with Gasteiger partial charge in [0, 0.05) is 9.50 Å². The molecule has 0 saturated heterocycles. The molecule has 0 aromatic heterocycles. The van der Waals surface area contributed by atoms with Crippen molar-refractivity contribution in [1.29, 1.82) is 0 Å². The second-order valence-electron chi connectivity index (χ2n) is 5.68. The Morgan fingerprint density at radius 1 is 0.783 bits per heavy atom. The van der Waals surface area contributed by atoms with E-state index in [1.54, 1.807) is 0 Å². The molecule has 0 unspecified atom stereocenters. The molecule has 0 saturated carbocycles. The highest BCUT2D eigenvalue weighted by Gasteiger charge is 2.12. The average Bonchev–Trinajstić information content (AvgIpc) is 2.61. The van der Waals surface area contributed by atoms with E-state index in [0.717, 1.165) is 0 Å². The van der Waals surface area contributed by atoms with Gasteiger partial charge in [0.05, 0.1) is 0 Å². The Kier molecular flexibility index (Phi) is 5.29. The van der Waals surface area contributed by atoms with Crippen molar-refractivity contribution >= 4 is 26.2 Å². The number of allylic oxidation sites excluding steroid dienone is 1. The minimum absolute atomic E-state index is 0.268. The first kappa shape index (κ1) is 16.0. The zero-order valence-electron chi connectivity index (χ0n) is 13.1. The SMILES string of the molecule is Cc1cccc(/C(I)=C\C(c2ccccc2)c2ccccc2)c1. The van der Waals surface area contributed by atoms with E-state index >= 15 is 0 Å². The fourth-order valence-electron chi connectivity index (χ4n) is 2.74. The maximum atomic E-state index is 2.45. The molecule has 0 spiro atoms. The molecule has 0 atom stereocenters. The molecular formula is C22H19I. The lowest BCUT2D eigenvalue weighted by Crippen LogP contribution is -1.98. The summed E-state index contributed by atoms with van der Waals surface area (Å²) < 4.78 is 1.28. The standard InChI is InChI=1S/C22H19I/c1-17-9-8-14-20(15-17)22(23)16-21(18-10-4-2-5-11-18)19-12-6-3-7-13-19/h2-16,21H,1H3/b22-16+. The van der Waals surface area contributed by atoms with Crippen molar-refractivity contribution in [3.8, 4) is 0 Å². The summed E-state index contributed by atoms with van der Waals surface area (Å²) in [6.07, 6.45) is 2.36. The molecule has 0 fully saturated rings. The number of halogens is 1. The number of rotatable bonds is 4. The molecule has 0 nitrogen and oxygen atoms in total. The van der Waals surface area contributed by atoms with Gasteiger partial charge < -0.3 is 0 Å². The summed E-state index contributed by atoms with van der Waals surface area (Å²) in [6, 6.07) is 30.1. The zero-order chi connectivity index (χ0) is 16.1. The highest BCUT2D eigenvalue weighted by atomic mass is 127. The highest BCUT2D eigenvalue weighted by Crippen LogP contribution is 2.32. The maximum absolute atomic E-state index is 2.45. The Balaban J connectivity index is 2.04. The molecule has 0 aliphatic rings. The largest absolute Gasteiger partial charge is 0.0622 e. The van der Waals surface area contributed by atoms with Gasteiger partial charge >= 0.3 is 0 Å². The highest BCUT2D eigenvalue weighted by molar-refractivity contribution is 14.1. The molecule has 3 rings (SSSR count). The number of hydrogen-bond acceptors (Lipinski definition) is 0. The van der Waals surface area contributed by atoms with Gasteiger partial charge in [-0.3, -0.25) is 0 Å². The Bertz CT molecular complexity index is 749. The summed E-state index contributed by atoms with van der Waals surface area (Å²) >= 11 is 2.45. The van der Waals surface area contributed by atoms with Crippen LogP contribution in [0.2, 0.25) is 0 Å². The predicted molar refractivity (Wildman–Crippen MR) is 108 cm³/mol. The summed E-state index contributed by atoms with van der Waals surface area (Å²) in [5.74, 6) is 0.268. The lowest BCUT2D eigenvalue weighted by atomic mass is 9.90. The molecule has 3 aromatic rings. The minimum Gasteiger partial charge on any atom is -0.0622 e. The molecular weight excluding hydrogens is 391 g/mol. The Labute approximate surface area is 152 Å². The number of benzene rings is 3. The Hall–Kier alpha value is -1.87. The lowest BCUT2D eigenvalue weighted by Gasteiger charge is -2.15. The van der Waals surface area contributed by atoms with Gasteiger partial charge in [-0.25, -0.2) is 0 Å². The van der Waals surface area contributed by atoms with Gasteiger partial charge in [-0.2, -0.15) is 0 Å². The molecule has 0 bridgehead atoms. The number of hydrogen-bond donors (Lipinski definition) is 0. The summed E-state index contributed by atoms with van der Waals surface area (Å²) in [7, 11) is 0. The van der Waals surface area contributed by atoms with Crippen molar-refractivity contribution < 1.29 is 0 Å². The van der Waals surface area contributed by atoms with Crippen LogP contribution >= 0.6 is 22.6 Å². The molecule has 1 heteroatoms. The first-order valence-corrected chi connectivity index (χ1v) is 8.86. The van der Waals surface area contributed by atoms with Crippen LogP contribution in [-0.4, -0.2) is 0 Å². The van der Waals surface area contributed by atoms with Crippen LogP contribution in [0.15, 0.2) is 91.0 Å². The second-order valence-corrected chi connectivity index (χ2v) is 6.85. The minimum atomic E-state index is 0.268. The van der Waals surface area contributed by atoms with Crippen molar-refractivity contribution in [2.45, 2.75) is 12.8 Å². The Morgan fingerprint density at radius 3 is 1.87 bits per heavy atom.